The average Bonchev–Trinajstić information content (AvgIpc) is 1.65. The Kier molecular flexibility index (Phi) is 11.4. The zero-order chi connectivity index (χ0) is 58.9. The molecule has 0 fully saturated rings. The molecule has 1 aliphatic rings. The fourth-order valence-corrected chi connectivity index (χ4v) is 15.4. The van der Waals surface area contributed by atoms with Crippen molar-refractivity contribution in [2.24, 2.45) is 0 Å². The van der Waals surface area contributed by atoms with Crippen LogP contribution in [0.1, 0.15) is 25.0 Å². The zero-order valence-corrected chi connectivity index (χ0v) is 49.5. The van der Waals surface area contributed by atoms with Crippen molar-refractivity contribution >= 4 is 85.6 Å². The van der Waals surface area contributed by atoms with Crippen molar-refractivity contribution in [2.75, 3.05) is 0 Å². The third-order valence-electron chi connectivity index (χ3n) is 18.4. The second kappa shape index (κ2) is 19.9. The molecule has 4 aromatic heterocycles. The van der Waals surface area contributed by atoms with E-state index in [1.54, 1.807) is 0 Å². The molecule has 0 saturated carbocycles. The number of nitrogens with zero attached hydrogens (tertiary/aromatic N) is 6. The zero-order valence-electron chi connectivity index (χ0n) is 48.6. The van der Waals surface area contributed by atoms with Gasteiger partial charge in [-0.1, -0.05) is 220 Å². The van der Waals surface area contributed by atoms with Crippen molar-refractivity contribution in [3.63, 3.8) is 0 Å². The molecule has 0 aliphatic heterocycles. The third kappa shape index (κ3) is 8.20. The lowest BCUT2D eigenvalue weighted by atomic mass is 9.80. The number of aromatic nitrogens is 6. The van der Waals surface area contributed by atoms with Crippen molar-refractivity contribution in [3.05, 3.63) is 290 Å². The van der Waals surface area contributed by atoms with Crippen molar-refractivity contribution in [1.82, 2.24) is 29.5 Å². The molecule has 18 rings (SSSR count). The average molecular weight is 1150 g/mol. The SMILES string of the molecule is CC1(C)c2ccc(-c3cc(-c4cccc(-c5cccc(-c6nc(-c7ccccc7)nc(-c7cc8c9ccccc9sc8c8ccccc78)n6)c5)c4)nc(-c4ccc(-n5c6ccccc6c6c7ccccc7ccc65)cc4)n3)cc2-c2ccc3ccccc3c21. The van der Waals surface area contributed by atoms with Crippen LogP contribution in [0, 0.1) is 0 Å². The maximum absolute atomic E-state index is 5.48. The molecule has 0 saturated heterocycles. The summed E-state index contributed by atoms with van der Waals surface area (Å²) in [4.78, 5) is 26.8. The molecule has 0 unspecified atom stereocenters. The van der Waals surface area contributed by atoms with E-state index >= 15 is 0 Å². The lowest BCUT2D eigenvalue weighted by Gasteiger charge is -2.23. The quantitative estimate of drug-likeness (QED) is 0.152. The lowest BCUT2D eigenvalue weighted by molar-refractivity contribution is 0.666. The first-order valence-electron chi connectivity index (χ1n) is 30.3. The predicted octanol–water partition coefficient (Wildman–Crippen LogP) is 21.6. The van der Waals surface area contributed by atoms with E-state index in [9.17, 15) is 0 Å². The summed E-state index contributed by atoms with van der Waals surface area (Å²) in [5, 5.41) is 12.2. The standard InChI is InChI=1S/C82H52N6S/c1-82(2)69-42-37-56(46-66(69)63-41-36-50-19-7-9-27-60(50)76(63)82)71-48-70(83-78(84-71)52-34-39-58(40-35-52)88-72-32-14-12-31-65(72)75-59-26-8-6-18-49(59)38-43-73(75)88)55-24-16-22-53(44-55)54-23-17-25-57(45-54)80-85-79(51-20-4-3-5-21-51)86-81(87-80)68-47-67-62-29-13-15-33-74(62)89-77(67)64-30-11-10-28-61(64)68/h3-48H,1-2H3. The predicted molar refractivity (Wildman–Crippen MR) is 371 cm³/mol. The van der Waals surface area contributed by atoms with Crippen LogP contribution in [0.15, 0.2) is 279 Å². The summed E-state index contributed by atoms with van der Waals surface area (Å²) in [7, 11) is 0. The van der Waals surface area contributed by atoms with Gasteiger partial charge in [0.2, 0.25) is 0 Å². The molecule has 7 heteroatoms. The Morgan fingerprint density at radius 1 is 0.315 bits per heavy atom. The minimum atomic E-state index is -0.186. The van der Waals surface area contributed by atoms with Crippen molar-refractivity contribution < 1.29 is 0 Å². The Balaban J connectivity index is 0.766. The summed E-state index contributed by atoms with van der Waals surface area (Å²) in [5.41, 5.74) is 17.9. The highest BCUT2D eigenvalue weighted by Crippen LogP contribution is 2.52. The first kappa shape index (κ1) is 51.0. The summed E-state index contributed by atoms with van der Waals surface area (Å²) in [6.45, 7) is 4.72. The van der Waals surface area contributed by atoms with Gasteiger partial charge in [0.25, 0.3) is 0 Å². The molecule has 17 aromatic rings. The van der Waals surface area contributed by atoms with Gasteiger partial charge in [0, 0.05) is 80.8 Å². The van der Waals surface area contributed by atoms with Crippen LogP contribution in [0.2, 0.25) is 0 Å². The minimum Gasteiger partial charge on any atom is -0.309 e. The summed E-state index contributed by atoms with van der Waals surface area (Å²) in [6, 6.07) is 100. The maximum Gasteiger partial charge on any atom is 0.164 e. The van der Waals surface area contributed by atoms with Crippen LogP contribution < -0.4 is 0 Å². The van der Waals surface area contributed by atoms with Gasteiger partial charge in [-0.3, -0.25) is 0 Å². The highest BCUT2D eigenvalue weighted by Gasteiger charge is 2.37. The van der Waals surface area contributed by atoms with Gasteiger partial charge >= 0.3 is 0 Å². The third-order valence-corrected chi connectivity index (χ3v) is 19.6. The van der Waals surface area contributed by atoms with Crippen molar-refractivity contribution in [2.45, 2.75) is 19.3 Å². The normalized spacial score (nSPS) is 12.7. The monoisotopic (exact) mass is 1150 g/mol. The molecule has 0 bridgehead atoms. The van der Waals surface area contributed by atoms with Crippen molar-refractivity contribution in [3.8, 4) is 96.0 Å². The van der Waals surface area contributed by atoms with Gasteiger partial charge in [-0.15, -0.1) is 11.3 Å². The molecule has 6 nitrogen and oxygen atoms in total. The smallest absolute Gasteiger partial charge is 0.164 e. The Labute approximate surface area is 517 Å². The number of hydrogen-bond donors (Lipinski definition) is 0. The van der Waals surface area contributed by atoms with Gasteiger partial charge in [-0.05, 0) is 133 Å². The highest BCUT2D eigenvalue weighted by atomic mass is 32.1. The Bertz CT molecular complexity index is 5780. The van der Waals surface area contributed by atoms with Crippen LogP contribution in [0.3, 0.4) is 0 Å². The summed E-state index contributed by atoms with van der Waals surface area (Å²) >= 11 is 1.83. The molecule has 13 aromatic carbocycles. The van der Waals surface area contributed by atoms with Crippen LogP contribution in [0.5, 0.6) is 0 Å². The van der Waals surface area contributed by atoms with Gasteiger partial charge < -0.3 is 4.57 Å². The van der Waals surface area contributed by atoms with Crippen LogP contribution in [0.25, 0.3) is 170 Å². The second-order valence-electron chi connectivity index (χ2n) is 23.9. The number of hydrogen-bond acceptors (Lipinski definition) is 6. The van der Waals surface area contributed by atoms with E-state index in [4.69, 9.17) is 24.9 Å². The molecule has 0 amide bonds. The van der Waals surface area contributed by atoms with Crippen LogP contribution >= 0.6 is 11.3 Å². The van der Waals surface area contributed by atoms with E-state index in [0.717, 1.165) is 72.5 Å². The number of benzene rings is 13. The molecule has 89 heavy (non-hydrogen) atoms. The minimum absolute atomic E-state index is 0.186. The Hall–Kier alpha value is -11.3. The number of para-hydroxylation sites is 1. The second-order valence-corrected chi connectivity index (χ2v) is 25.0. The van der Waals surface area contributed by atoms with E-state index in [2.05, 4.69) is 279 Å². The van der Waals surface area contributed by atoms with Gasteiger partial charge in [0.05, 0.1) is 22.4 Å². The summed E-state index contributed by atoms with van der Waals surface area (Å²) in [5.74, 6) is 2.50. The molecular weight excluding hydrogens is 1100 g/mol. The van der Waals surface area contributed by atoms with Crippen LogP contribution in [-0.4, -0.2) is 29.5 Å². The fourth-order valence-electron chi connectivity index (χ4n) is 14.2. The van der Waals surface area contributed by atoms with E-state index in [1.165, 1.54) is 85.6 Å². The molecule has 416 valence electrons. The van der Waals surface area contributed by atoms with E-state index in [0.29, 0.717) is 23.3 Å². The maximum atomic E-state index is 5.48. The van der Waals surface area contributed by atoms with E-state index in [-0.39, 0.29) is 5.41 Å². The van der Waals surface area contributed by atoms with Crippen LogP contribution in [-0.2, 0) is 5.41 Å². The molecule has 0 N–H and O–H groups in total. The number of fused-ring (bicyclic) bond motifs is 15. The van der Waals surface area contributed by atoms with Gasteiger partial charge in [-0.2, -0.15) is 0 Å². The lowest BCUT2D eigenvalue weighted by Crippen LogP contribution is -2.15. The molecule has 4 heterocycles. The molecule has 0 radical (unpaired) electrons. The highest BCUT2D eigenvalue weighted by molar-refractivity contribution is 7.26. The van der Waals surface area contributed by atoms with Gasteiger partial charge in [-0.25, -0.2) is 24.9 Å². The number of thiophene rings is 1. The van der Waals surface area contributed by atoms with E-state index < -0.39 is 0 Å². The molecule has 1 aliphatic carbocycles. The summed E-state index contributed by atoms with van der Waals surface area (Å²) < 4.78 is 4.90. The van der Waals surface area contributed by atoms with Gasteiger partial charge in [0.15, 0.2) is 23.3 Å². The topological polar surface area (TPSA) is 69.4 Å². The molecule has 0 atom stereocenters. The van der Waals surface area contributed by atoms with Gasteiger partial charge in [0.1, 0.15) is 0 Å². The van der Waals surface area contributed by atoms with E-state index in [1.807, 2.05) is 29.5 Å². The first-order chi connectivity index (χ1) is 43.8. The largest absolute Gasteiger partial charge is 0.309 e. The Morgan fingerprint density at radius 2 is 0.865 bits per heavy atom. The number of rotatable bonds is 8. The Morgan fingerprint density at radius 3 is 1.65 bits per heavy atom. The van der Waals surface area contributed by atoms with Crippen LogP contribution in [0.4, 0.5) is 0 Å². The molecular formula is C82H52N6S. The first-order valence-corrected chi connectivity index (χ1v) is 31.1. The van der Waals surface area contributed by atoms with Crippen molar-refractivity contribution in [1.29, 1.82) is 0 Å². The molecule has 0 spiro atoms. The summed E-state index contributed by atoms with van der Waals surface area (Å²) in [6.07, 6.45) is 0. The fraction of sp³-hybridized carbons (Fsp3) is 0.0366.